The third kappa shape index (κ3) is 4.08. The number of ether oxygens (including phenoxy) is 1. The molecule has 1 aliphatic rings. The summed E-state index contributed by atoms with van der Waals surface area (Å²) in [4.78, 5) is 38.6. The first kappa shape index (κ1) is 18.8. The first-order valence-corrected chi connectivity index (χ1v) is 9.09. The molecule has 0 N–H and O–H groups in total. The first-order valence-electron chi connectivity index (χ1n) is 9.09. The quantitative estimate of drug-likeness (QED) is 0.596. The lowest BCUT2D eigenvalue weighted by molar-refractivity contribution is -0.117. The molecule has 1 aliphatic heterocycles. The van der Waals surface area contributed by atoms with Crippen LogP contribution in [0.5, 0.6) is 0 Å². The number of hydrogen-bond donors (Lipinski definition) is 0. The molecule has 0 radical (unpaired) electrons. The van der Waals surface area contributed by atoms with Crippen molar-refractivity contribution in [2.75, 3.05) is 11.4 Å². The summed E-state index contributed by atoms with van der Waals surface area (Å²) >= 11 is 0. The summed E-state index contributed by atoms with van der Waals surface area (Å²) in [6, 6.07) is 12.2. The van der Waals surface area contributed by atoms with Crippen LogP contribution in [0, 0.1) is 13.8 Å². The van der Waals surface area contributed by atoms with Crippen LogP contribution in [-0.2, 0) is 9.53 Å². The molecule has 1 heterocycles. The summed E-state index contributed by atoms with van der Waals surface area (Å²) in [6.07, 6.45) is 0.447. The van der Waals surface area contributed by atoms with Crippen molar-refractivity contribution in [2.45, 2.75) is 39.7 Å². The van der Waals surface area contributed by atoms with E-state index in [1.807, 2.05) is 26.0 Å². The highest BCUT2D eigenvalue weighted by molar-refractivity contribution is 6.02. The topological polar surface area (TPSA) is 63.7 Å². The molecule has 2 aromatic rings. The highest BCUT2D eigenvalue weighted by Gasteiger charge is 2.24. The number of benzene rings is 2. The molecule has 5 nitrogen and oxygen atoms in total. The number of hydrogen-bond acceptors (Lipinski definition) is 4. The van der Waals surface area contributed by atoms with Gasteiger partial charge in [0.15, 0.2) is 6.10 Å². The number of aryl methyl sites for hydroxylation is 2. The van der Waals surface area contributed by atoms with Crippen LogP contribution in [0.15, 0.2) is 42.5 Å². The van der Waals surface area contributed by atoms with Gasteiger partial charge in [0, 0.05) is 24.2 Å². The molecule has 0 saturated carbocycles. The molecule has 1 fully saturated rings. The van der Waals surface area contributed by atoms with Gasteiger partial charge < -0.3 is 9.64 Å². The fourth-order valence-corrected chi connectivity index (χ4v) is 3.13. The zero-order valence-corrected chi connectivity index (χ0v) is 15.8. The van der Waals surface area contributed by atoms with Crippen molar-refractivity contribution in [3.05, 3.63) is 64.7 Å². The lowest BCUT2D eigenvalue weighted by Gasteiger charge is -2.17. The molecule has 140 valence electrons. The van der Waals surface area contributed by atoms with Crippen LogP contribution in [0.1, 0.15) is 51.6 Å². The Kier molecular flexibility index (Phi) is 5.40. The van der Waals surface area contributed by atoms with Crippen LogP contribution < -0.4 is 4.90 Å². The molecule has 1 amide bonds. The molecule has 2 aromatic carbocycles. The number of rotatable bonds is 5. The molecule has 0 bridgehead atoms. The average Bonchev–Trinajstić information content (AvgIpc) is 3.09. The minimum Gasteiger partial charge on any atom is -0.451 e. The Morgan fingerprint density at radius 3 is 2.48 bits per heavy atom. The third-order valence-electron chi connectivity index (χ3n) is 4.91. The molecule has 0 unspecified atom stereocenters. The van der Waals surface area contributed by atoms with Gasteiger partial charge in [-0.25, -0.2) is 4.79 Å². The molecule has 5 heteroatoms. The van der Waals surface area contributed by atoms with Crippen molar-refractivity contribution < 1.29 is 19.1 Å². The van der Waals surface area contributed by atoms with E-state index < -0.39 is 12.1 Å². The van der Waals surface area contributed by atoms with E-state index in [0.29, 0.717) is 29.8 Å². The largest absolute Gasteiger partial charge is 0.451 e. The number of ketones is 1. The maximum absolute atomic E-state index is 12.6. The molecule has 1 saturated heterocycles. The van der Waals surface area contributed by atoms with Crippen LogP contribution in [0.25, 0.3) is 0 Å². The van der Waals surface area contributed by atoms with Crippen molar-refractivity contribution in [1.29, 1.82) is 0 Å². The SMILES string of the molecule is Cc1ccc(C(=O)[C@@H](C)OC(=O)c2cccc(N3CCCC3=O)c2)cc1C. The van der Waals surface area contributed by atoms with Crippen molar-refractivity contribution in [1.82, 2.24) is 0 Å². The predicted octanol–water partition coefficient (Wildman–Crippen LogP) is 3.86. The Morgan fingerprint density at radius 2 is 1.81 bits per heavy atom. The number of esters is 1. The second kappa shape index (κ2) is 7.74. The van der Waals surface area contributed by atoms with Gasteiger partial charge in [0.05, 0.1) is 5.56 Å². The third-order valence-corrected chi connectivity index (χ3v) is 4.91. The van der Waals surface area contributed by atoms with E-state index in [0.717, 1.165) is 17.5 Å². The van der Waals surface area contributed by atoms with Crippen LogP contribution in [0.3, 0.4) is 0 Å². The maximum atomic E-state index is 12.6. The molecular weight excluding hydrogens is 342 g/mol. The summed E-state index contributed by atoms with van der Waals surface area (Å²) in [6.45, 7) is 6.14. The summed E-state index contributed by atoms with van der Waals surface area (Å²) in [5.41, 5.74) is 3.65. The van der Waals surface area contributed by atoms with E-state index in [9.17, 15) is 14.4 Å². The van der Waals surface area contributed by atoms with Gasteiger partial charge in [0.1, 0.15) is 0 Å². The van der Waals surface area contributed by atoms with Gasteiger partial charge in [0.2, 0.25) is 11.7 Å². The second-order valence-electron chi connectivity index (χ2n) is 6.91. The Bertz CT molecular complexity index is 903. The van der Waals surface area contributed by atoms with Gasteiger partial charge in [0.25, 0.3) is 0 Å². The monoisotopic (exact) mass is 365 g/mol. The lowest BCUT2D eigenvalue weighted by atomic mass is 10.0. The Labute approximate surface area is 158 Å². The highest BCUT2D eigenvalue weighted by atomic mass is 16.5. The summed E-state index contributed by atoms with van der Waals surface area (Å²) < 4.78 is 5.38. The van der Waals surface area contributed by atoms with Crippen molar-refractivity contribution in [3.63, 3.8) is 0 Å². The van der Waals surface area contributed by atoms with Crippen molar-refractivity contribution >= 4 is 23.3 Å². The van der Waals surface area contributed by atoms with E-state index in [2.05, 4.69) is 0 Å². The van der Waals surface area contributed by atoms with E-state index in [-0.39, 0.29) is 11.7 Å². The van der Waals surface area contributed by atoms with Crippen LogP contribution in [0.4, 0.5) is 5.69 Å². The number of carbonyl (C=O) groups is 3. The molecule has 3 rings (SSSR count). The zero-order chi connectivity index (χ0) is 19.6. The number of amides is 1. The van der Waals surface area contributed by atoms with E-state index in [4.69, 9.17) is 4.74 Å². The number of carbonyl (C=O) groups excluding carboxylic acids is 3. The molecular formula is C22H23NO4. The number of anilines is 1. The summed E-state index contributed by atoms with van der Waals surface area (Å²) in [7, 11) is 0. The van der Waals surface area contributed by atoms with E-state index in [1.54, 1.807) is 42.2 Å². The van der Waals surface area contributed by atoms with Gasteiger partial charge in [-0.3, -0.25) is 9.59 Å². The average molecular weight is 365 g/mol. The molecule has 1 atom stereocenters. The van der Waals surface area contributed by atoms with Crippen molar-refractivity contribution in [2.24, 2.45) is 0 Å². The van der Waals surface area contributed by atoms with Gasteiger partial charge >= 0.3 is 5.97 Å². The molecule has 0 aliphatic carbocycles. The number of Topliss-reactive ketones (excluding diaryl/α,β-unsaturated/α-hetero) is 1. The van der Waals surface area contributed by atoms with Gasteiger partial charge in [-0.1, -0.05) is 18.2 Å². The Hall–Kier alpha value is -2.95. The maximum Gasteiger partial charge on any atom is 0.338 e. The fraction of sp³-hybridized carbons (Fsp3) is 0.318. The lowest BCUT2D eigenvalue weighted by Crippen LogP contribution is -2.26. The molecule has 0 spiro atoms. The minimum atomic E-state index is -0.892. The van der Waals surface area contributed by atoms with Gasteiger partial charge in [-0.15, -0.1) is 0 Å². The smallest absolute Gasteiger partial charge is 0.338 e. The van der Waals surface area contributed by atoms with Gasteiger partial charge in [-0.05, 0) is 62.6 Å². The van der Waals surface area contributed by atoms with Crippen LogP contribution >= 0.6 is 0 Å². The molecule has 0 aromatic heterocycles. The fourth-order valence-electron chi connectivity index (χ4n) is 3.13. The normalized spacial score (nSPS) is 14.9. The van der Waals surface area contributed by atoms with Crippen molar-refractivity contribution in [3.8, 4) is 0 Å². The Morgan fingerprint density at radius 1 is 1.04 bits per heavy atom. The standard InChI is InChI=1S/C22H23NO4/c1-14-9-10-17(12-15(14)2)21(25)16(3)27-22(26)18-6-4-7-19(13-18)23-11-5-8-20(23)24/h4,6-7,9-10,12-13,16H,5,8,11H2,1-3H3/t16-/m1/s1. The van der Waals surface area contributed by atoms with E-state index in [1.165, 1.54) is 0 Å². The second-order valence-corrected chi connectivity index (χ2v) is 6.91. The highest BCUT2D eigenvalue weighted by Crippen LogP contribution is 2.23. The first-order chi connectivity index (χ1) is 12.9. The summed E-state index contributed by atoms with van der Waals surface area (Å²) in [5.74, 6) is -0.760. The van der Waals surface area contributed by atoms with E-state index >= 15 is 0 Å². The Balaban J connectivity index is 1.71. The van der Waals surface area contributed by atoms with Gasteiger partial charge in [-0.2, -0.15) is 0 Å². The van der Waals surface area contributed by atoms with Crippen LogP contribution in [0.2, 0.25) is 0 Å². The minimum absolute atomic E-state index is 0.0544. The number of nitrogens with zero attached hydrogens (tertiary/aromatic N) is 1. The van der Waals surface area contributed by atoms with Crippen LogP contribution in [-0.4, -0.2) is 30.3 Å². The predicted molar refractivity (Wildman–Crippen MR) is 103 cm³/mol. The summed E-state index contributed by atoms with van der Waals surface area (Å²) in [5, 5.41) is 0. The molecule has 27 heavy (non-hydrogen) atoms. The zero-order valence-electron chi connectivity index (χ0n) is 15.8.